The van der Waals surface area contributed by atoms with Crippen molar-refractivity contribution in [3.8, 4) is 11.5 Å². The van der Waals surface area contributed by atoms with E-state index in [1.165, 1.54) is 22.3 Å². The molecule has 4 aromatic rings. The molecule has 0 bridgehead atoms. The highest BCUT2D eigenvalue weighted by Gasteiger charge is 2.27. The molecule has 2 nitrogen and oxygen atoms in total. The van der Waals surface area contributed by atoms with Crippen LogP contribution in [0, 0.1) is 0 Å². The van der Waals surface area contributed by atoms with Crippen LogP contribution in [0.2, 0.25) is 0 Å². The first kappa shape index (κ1) is 18.8. The van der Waals surface area contributed by atoms with Crippen molar-refractivity contribution in [3.63, 3.8) is 0 Å². The summed E-state index contributed by atoms with van der Waals surface area (Å²) in [4.78, 5) is 0. The predicted octanol–water partition coefficient (Wildman–Crippen LogP) is 6.26. The molecule has 29 heavy (non-hydrogen) atoms. The molecule has 0 saturated heterocycles. The molecule has 0 spiro atoms. The molecule has 2 atom stereocenters. The molecule has 0 radical (unpaired) electrons. The molecular weight excluding hydrogens is 356 g/mol. The smallest absolute Gasteiger partial charge is 0.115 e. The van der Waals surface area contributed by atoms with Crippen LogP contribution >= 0.6 is 0 Å². The predicted molar refractivity (Wildman–Crippen MR) is 117 cm³/mol. The quantitative estimate of drug-likeness (QED) is 0.415. The van der Waals surface area contributed by atoms with Gasteiger partial charge in [0.2, 0.25) is 0 Å². The van der Waals surface area contributed by atoms with Gasteiger partial charge in [0.1, 0.15) is 11.5 Å². The average Bonchev–Trinajstić information content (AvgIpc) is 2.77. The Morgan fingerprint density at radius 2 is 0.931 bits per heavy atom. The monoisotopic (exact) mass is 380 g/mol. The molecule has 0 aromatic heterocycles. The van der Waals surface area contributed by atoms with Crippen LogP contribution < -0.4 is 0 Å². The number of benzene rings is 4. The first-order chi connectivity index (χ1) is 14.2. The van der Waals surface area contributed by atoms with Crippen LogP contribution in [-0.4, -0.2) is 10.2 Å². The van der Waals surface area contributed by atoms with Crippen molar-refractivity contribution in [3.05, 3.63) is 131 Å². The number of hydrogen-bond acceptors (Lipinski definition) is 2. The Hall–Kier alpha value is -3.52. The number of rotatable bonds is 6. The summed E-state index contributed by atoms with van der Waals surface area (Å²) in [5.74, 6) is 0.888. The number of aromatic hydroxyl groups is 2. The van der Waals surface area contributed by atoms with Crippen LogP contribution in [0.5, 0.6) is 11.5 Å². The summed E-state index contributed by atoms with van der Waals surface area (Å²) < 4.78 is 0. The molecule has 0 amide bonds. The van der Waals surface area contributed by atoms with Crippen LogP contribution in [0.25, 0.3) is 0 Å². The maximum Gasteiger partial charge on any atom is 0.115 e. The SMILES string of the molecule is Oc1ccc(CC(c2ccccc2)C(c2ccccc2)c2ccc(O)cc2)cc1. The lowest BCUT2D eigenvalue weighted by atomic mass is 9.74. The van der Waals surface area contributed by atoms with E-state index in [4.69, 9.17) is 0 Å². The van der Waals surface area contributed by atoms with Gasteiger partial charge in [-0.25, -0.2) is 0 Å². The summed E-state index contributed by atoms with van der Waals surface area (Å²) in [6.45, 7) is 0. The van der Waals surface area contributed by atoms with Crippen LogP contribution in [0.3, 0.4) is 0 Å². The highest BCUT2D eigenvalue weighted by Crippen LogP contribution is 2.41. The molecular formula is C27H24O2. The third-order valence-corrected chi connectivity index (χ3v) is 5.43. The summed E-state index contributed by atoms with van der Waals surface area (Å²) in [5, 5.41) is 19.5. The average molecular weight is 380 g/mol. The maximum atomic E-state index is 9.80. The van der Waals surface area contributed by atoms with Crippen LogP contribution in [0.4, 0.5) is 0 Å². The van der Waals surface area contributed by atoms with Crippen LogP contribution in [0.15, 0.2) is 109 Å². The maximum absolute atomic E-state index is 9.80. The highest BCUT2D eigenvalue weighted by atomic mass is 16.3. The van der Waals surface area contributed by atoms with Crippen LogP contribution in [0.1, 0.15) is 34.1 Å². The lowest BCUT2D eigenvalue weighted by molar-refractivity contribution is 0.474. The summed E-state index contributed by atoms with van der Waals surface area (Å²) >= 11 is 0. The molecule has 0 aliphatic rings. The topological polar surface area (TPSA) is 40.5 Å². The Morgan fingerprint density at radius 1 is 0.483 bits per heavy atom. The van der Waals surface area contributed by atoms with Gasteiger partial charge < -0.3 is 10.2 Å². The lowest BCUT2D eigenvalue weighted by Gasteiger charge is -2.29. The minimum Gasteiger partial charge on any atom is -0.508 e. The van der Waals surface area contributed by atoms with E-state index in [1.54, 1.807) is 24.3 Å². The Balaban J connectivity index is 1.83. The summed E-state index contributed by atoms with van der Waals surface area (Å²) in [7, 11) is 0. The van der Waals surface area contributed by atoms with E-state index in [1.807, 2.05) is 36.4 Å². The molecule has 0 aliphatic carbocycles. The summed E-state index contributed by atoms with van der Waals surface area (Å²) in [6, 6.07) is 36.1. The van der Waals surface area contributed by atoms with Crippen molar-refractivity contribution < 1.29 is 10.2 Å². The molecule has 0 fully saturated rings. The number of phenols is 2. The normalized spacial score (nSPS) is 13.0. The van der Waals surface area contributed by atoms with Gasteiger partial charge in [-0.05, 0) is 58.9 Å². The molecule has 0 saturated carbocycles. The third-order valence-electron chi connectivity index (χ3n) is 5.43. The van der Waals surface area contributed by atoms with Crippen molar-refractivity contribution in [2.75, 3.05) is 0 Å². The van der Waals surface area contributed by atoms with E-state index in [-0.39, 0.29) is 23.3 Å². The van der Waals surface area contributed by atoms with E-state index in [0.29, 0.717) is 0 Å². The molecule has 4 rings (SSSR count). The lowest BCUT2D eigenvalue weighted by Crippen LogP contribution is -2.15. The standard InChI is InChI=1S/C27H24O2/c28-24-15-11-20(12-16-24)19-26(21-7-3-1-4-8-21)27(22-9-5-2-6-10-22)23-13-17-25(29)18-14-23/h1-18,26-29H,19H2. The minimum atomic E-state index is 0.132. The zero-order chi connectivity index (χ0) is 20.1. The molecule has 2 heteroatoms. The van der Waals surface area contributed by atoms with Crippen LogP contribution in [-0.2, 0) is 6.42 Å². The summed E-state index contributed by atoms with van der Waals surface area (Å²) in [6.07, 6.45) is 0.838. The van der Waals surface area contributed by atoms with E-state index in [9.17, 15) is 10.2 Å². The van der Waals surface area contributed by atoms with Gasteiger partial charge in [-0.1, -0.05) is 84.9 Å². The van der Waals surface area contributed by atoms with Gasteiger partial charge in [0.15, 0.2) is 0 Å². The van der Waals surface area contributed by atoms with E-state index in [2.05, 4.69) is 48.5 Å². The van der Waals surface area contributed by atoms with E-state index in [0.717, 1.165) is 6.42 Å². The second-order valence-corrected chi connectivity index (χ2v) is 7.37. The van der Waals surface area contributed by atoms with Crippen molar-refractivity contribution in [1.29, 1.82) is 0 Å². The zero-order valence-electron chi connectivity index (χ0n) is 16.1. The van der Waals surface area contributed by atoms with E-state index < -0.39 is 0 Å². The van der Waals surface area contributed by atoms with Gasteiger partial charge in [-0.3, -0.25) is 0 Å². The van der Waals surface area contributed by atoms with Gasteiger partial charge in [-0.2, -0.15) is 0 Å². The summed E-state index contributed by atoms with van der Waals surface area (Å²) in [5.41, 5.74) is 4.85. The van der Waals surface area contributed by atoms with Crippen molar-refractivity contribution in [2.45, 2.75) is 18.3 Å². The van der Waals surface area contributed by atoms with E-state index >= 15 is 0 Å². The van der Waals surface area contributed by atoms with Gasteiger partial charge in [-0.15, -0.1) is 0 Å². The highest BCUT2D eigenvalue weighted by molar-refractivity contribution is 5.41. The Morgan fingerprint density at radius 3 is 1.48 bits per heavy atom. The van der Waals surface area contributed by atoms with Crippen molar-refractivity contribution >= 4 is 0 Å². The fraction of sp³-hybridized carbons (Fsp3) is 0.111. The molecule has 2 N–H and O–H groups in total. The number of hydrogen-bond donors (Lipinski definition) is 2. The fourth-order valence-electron chi connectivity index (χ4n) is 4.01. The second kappa shape index (κ2) is 8.66. The van der Waals surface area contributed by atoms with Gasteiger partial charge >= 0.3 is 0 Å². The number of phenolic OH excluding ortho intramolecular Hbond substituents is 2. The van der Waals surface area contributed by atoms with Crippen molar-refractivity contribution in [1.82, 2.24) is 0 Å². The molecule has 0 heterocycles. The largest absolute Gasteiger partial charge is 0.508 e. The third kappa shape index (κ3) is 4.49. The molecule has 144 valence electrons. The Kier molecular flexibility index (Phi) is 5.62. The molecule has 2 unspecified atom stereocenters. The Labute approximate surface area is 171 Å². The van der Waals surface area contributed by atoms with Gasteiger partial charge in [0.05, 0.1) is 0 Å². The zero-order valence-corrected chi connectivity index (χ0v) is 16.1. The molecule has 0 aliphatic heterocycles. The first-order valence-electron chi connectivity index (χ1n) is 9.87. The van der Waals surface area contributed by atoms with Crippen molar-refractivity contribution in [2.24, 2.45) is 0 Å². The van der Waals surface area contributed by atoms with Gasteiger partial charge in [0.25, 0.3) is 0 Å². The molecule has 4 aromatic carbocycles. The Bertz CT molecular complexity index is 1020. The first-order valence-corrected chi connectivity index (χ1v) is 9.87. The fourth-order valence-corrected chi connectivity index (χ4v) is 4.01. The van der Waals surface area contributed by atoms with Gasteiger partial charge in [0, 0.05) is 5.92 Å². The second-order valence-electron chi connectivity index (χ2n) is 7.37. The minimum absolute atomic E-state index is 0.132.